The molecule has 0 aliphatic rings. The summed E-state index contributed by atoms with van der Waals surface area (Å²) in [6.07, 6.45) is 8.01. The molecule has 4 heteroatoms. The van der Waals surface area contributed by atoms with Gasteiger partial charge in [0.2, 0.25) is 5.95 Å². The van der Waals surface area contributed by atoms with E-state index in [0.717, 1.165) is 49.8 Å². The van der Waals surface area contributed by atoms with Crippen molar-refractivity contribution in [3.05, 3.63) is 152 Å². The molecular formula is C41H28N4. The van der Waals surface area contributed by atoms with Gasteiger partial charge < -0.3 is 4.40 Å². The van der Waals surface area contributed by atoms with Gasteiger partial charge in [-0.25, -0.2) is 9.97 Å². The van der Waals surface area contributed by atoms with Crippen LogP contribution in [0.5, 0.6) is 0 Å². The lowest BCUT2D eigenvalue weighted by Crippen LogP contribution is -2.03. The number of aromatic nitrogens is 4. The number of benzene rings is 4. The molecule has 5 heterocycles. The molecule has 0 unspecified atom stereocenters. The fourth-order valence-electron chi connectivity index (χ4n) is 7.11. The summed E-state index contributed by atoms with van der Waals surface area (Å²) in [5, 5.41) is 5.98. The average Bonchev–Trinajstić information content (AvgIpc) is 3.72. The van der Waals surface area contributed by atoms with Gasteiger partial charge in [-0.1, -0.05) is 122 Å². The van der Waals surface area contributed by atoms with Crippen molar-refractivity contribution in [2.24, 2.45) is 0 Å². The second-order valence-corrected chi connectivity index (χ2v) is 11.4. The van der Waals surface area contributed by atoms with Crippen molar-refractivity contribution >= 4 is 65.6 Å². The van der Waals surface area contributed by atoms with Crippen LogP contribution in [0, 0.1) is 0 Å². The zero-order valence-corrected chi connectivity index (χ0v) is 24.8. The molecule has 9 rings (SSSR count). The molecule has 4 nitrogen and oxygen atoms in total. The van der Waals surface area contributed by atoms with Gasteiger partial charge in [0.25, 0.3) is 0 Å². The third-order valence-corrected chi connectivity index (χ3v) is 8.95. The lowest BCUT2D eigenvalue weighted by molar-refractivity contribution is 1.02. The van der Waals surface area contributed by atoms with Gasteiger partial charge in [-0.05, 0) is 42.3 Å². The molecule has 0 atom stereocenters. The standard InChI is InChI=1S/C41H28N4/c1-3-12-26(13-4-2)27-22-24-28(25-23-27)38-31-16-7-9-18-33(31)42-41(43-38)45-35-19-10-8-17-32(35)37-39-30-15-6-5-14-29(30)34-20-11-21-36(40(37)45)44(34)39/h3-25H,1H2,2H3/b13-4-,26-12+. The third kappa shape index (κ3) is 3.60. The van der Waals surface area contributed by atoms with Crippen LogP contribution in [0.25, 0.3) is 82.8 Å². The first-order valence-corrected chi connectivity index (χ1v) is 15.3. The molecule has 4 aromatic carbocycles. The van der Waals surface area contributed by atoms with Crippen LogP contribution < -0.4 is 0 Å². The molecule has 0 saturated carbocycles. The Hall–Kier alpha value is -6.00. The smallest absolute Gasteiger partial charge is 0.235 e. The van der Waals surface area contributed by atoms with E-state index in [0.29, 0.717) is 5.95 Å². The van der Waals surface area contributed by atoms with Gasteiger partial charge in [0.15, 0.2) is 0 Å². The lowest BCUT2D eigenvalue weighted by Gasteiger charge is -2.12. The Labute approximate surface area is 259 Å². The second kappa shape index (κ2) is 9.76. The van der Waals surface area contributed by atoms with E-state index in [1.807, 2.05) is 31.2 Å². The van der Waals surface area contributed by atoms with Gasteiger partial charge in [-0.2, -0.15) is 0 Å². The predicted molar refractivity (Wildman–Crippen MR) is 189 cm³/mol. The second-order valence-electron chi connectivity index (χ2n) is 11.4. The van der Waals surface area contributed by atoms with Gasteiger partial charge in [-0.3, -0.25) is 4.57 Å². The Morgan fingerprint density at radius 1 is 0.644 bits per heavy atom. The zero-order chi connectivity index (χ0) is 30.1. The summed E-state index contributed by atoms with van der Waals surface area (Å²) in [4.78, 5) is 10.6. The molecule has 9 aromatic rings. The number of pyridine rings is 1. The minimum absolute atomic E-state index is 0.665. The van der Waals surface area contributed by atoms with Crippen LogP contribution in [0.1, 0.15) is 12.5 Å². The van der Waals surface area contributed by atoms with Crippen molar-refractivity contribution in [1.29, 1.82) is 0 Å². The normalized spacial score (nSPS) is 12.7. The van der Waals surface area contributed by atoms with Crippen molar-refractivity contribution < 1.29 is 0 Å². The van der Waals surface area contributed by atoms with E-state index in [9.17, 15) is 0 Å². The number of hydrogen-bond donors (Lipinski definition) is 0. The molecule has 0 saturated heterocycles. The van der Waals surface area contributed by atoms with Crippen molar-refractivity contribution in [2.75, 3.05) is 0 Å². The molecule has 0 bridgehead atoms. The molecule has 0 aliphatic carbocycles. The predicted octanol–water partition coefficient (Wildman–Crippen LogP) is 10.5. The maximum atomic E-state index is 5.36. The highest BCUT2D eigenvalue weighted by molar-refractivity contribution is 6.30. The first-order chi connectivity index (χ1) is 22.3. The summed E-state index contributed by atoms with van der Waals surface area (Å²) in [7, 11) is 0. The Kier molecular flexibility index (Phi) is 5.53. The topological polar surface area (TPSA) is 35.1 Å². The van der Waals surface area contributed by atoms with Gasteiger partial charge in [0.05, 0.1) is 38.8 Å². The van der Waals surface area contributed by atoms with Gasteiger partial charge in [0, 0.05) is 32.5 Å². The Morgan fingerprint density at radius 2 is 1.33 bits per heavy atom. The minimum Gasteiger partial charge on any atom is -0.306 e. The Bertz CT molecular complexity index is 2660. The Balaban J connectivity index is 1.36. The fraction of sp³-hybridized carbons (Fsp3) is 0.0244. The van der Waals surface area contributed by atoms with Crippen LogP contribution in [0.15, 0.2) is 146 Å². The van der Waals surface area contributed by atoms with E-state index in [-0.39, 0.29) is 0 Å². The monoisotopic (exact) mass is 576 g/mol. The molecule has 0 amide bonds. The van der Waals surface area contributed by atoms with Crippen molar-refractivity contribution in [1.82, 2.24) is 18.9 Å². The number of rotatable bonds is 5. The van der Waals surface area contributed by atoms with Gasteiger partial charge in [-0.15, -0.1) is 0 Å². The van der Waals surface area contributed by atoms with Crippen LogP contribution in [-0.2, 0) is 0 Å². The maximum Gasteiger partial charge on any atom is 0.235 e. The van der Waals surface area contributed by atoms with Gasteiger partial charge >= 0.3 is 0 Å². The van der Waals surface area contributed by atoms with Crippen molar-refractivity contribution in [3.63, 3.8) is 0 Å². The summed E-state index contributed by atoms with van der Waals surface area (Å²) in [5.74, 6) is 0.665. The van der Waals surface area contributed by atoms with Crippen LogP contribution in [0.2, 0.25) is 0 Å². The van der Waals surface area contributed by atoms with E-state index in [4.69, 9.17) is 9.97 Å². The summed E-state index contributed by atoms with van der Waals surface area (Å²) in [6, 6.07) is 40.9. The van der Waals surface area contributed by atoms with Crippen molar-refractivity contribution in [3.8, 4) is 17.2 Å². The highest BCUT2D eigenvalue weighted by atomic mass is 15.2. The third-order valence-electron chi connectivity index (χ3n) is 8.95. The maximum absolute atomic E-state index is 5.36. The Morgan fingerprint density at radius 3 is 2.13 bits per heavy atom. The van der Waals surface area contributed by atoms with E-state index in [1.54, 1.807) is 0 Å². The SMILES string of the molecule is C=C/C=C(\C=C/C)c1ccc(-c2nc(-n3c4ccccc4c4c3c3cccc5c6ccccc6c4n53)nc3ccccc23)cc1. The number of para-hydroxylation sites is 2. The highest BCUT2D eigenvalue weighted by Gasteiger charge is 2.25. The molecule has 5 aromatic heterocycles. The van der Waals surface area contributed by atoms with Crippen LogP contribution in [0.3, 0.4) is 0 Å². The molecule has 0 radical (unpaired) electrons. The first-order valence-electron chi connectivity index (χ1n) is 15.3. The quantitative estimate of drug-likeness (QED) is 0.191. The highest BCUT2D eigenvalue weighted by Crippen LogP contribution is 2.44. The average molecular weight is 577 g/mol. The molecule has 0 aliphatic heterocycles. The van der Waals surface area contributed by atoms with Crippen LogP contribution >= 0.6 is 0 Å². The minimum atomic E-state index is 0.665. The molecular weight excluding hydrogens is 548 g/mol. The van der Waals surface area contributed by atoms with Crippen LogP contribution in [-0.4, -0.2) is 18.9 Å². The van der Waals surface area contributed by atoms with Crippen LogP contribution in [0.4, 0.5) is 0 Å². The molecule has 212 valence electrons. The number of hydrogen-bond acceptors (Lipinski definition) is 2. The number of allylic oxidation sites excluding steroid dienone is 5. The zero-order valence-electron chi connectivity index (χ0n) is 24.8. The van der Waals surface area contributed by atoms with Gasteiger partial charge in [0.1, 0.15) is 0 Å². The lowest BCUT2D eigenvalue weighted by atomic mass is 10.0. The summed E-state index contributed by atoms with van der Waals surface area (Å²) < 4.78 is 4.68. The number of fused-ring (bicyclic) bond motifs is 9. The number of nitrogens with zero attached hydrogens (tertiary/aromatic N) is 4. The summed E-state index contributed by atoms with van der Waals surface area (Å²) in [5.41, 5.74) is 10.9. The molecule has 0 spiro atoms. The summed E-state index contributed by atoms with van der Waals surface area (Å²) >= 11 is 0. The molecule has 0 fully saturated rings. The first kappa shape index (κ1) is 25.5. The summed E-state index contributed by atoms with van der Waals surface area (Å²) in [6.45, 7) is 5.92. The fourth-order valence-corrected chi connectivity index (χ4v) is 7.11. The van der Waals surface area contributed by atoms with E-state index in [2.05, 4.69) is 131 Å². The van der Waals surface area contributed by atoms with E-state index < -0.39 is 0 Å². The molecule has 0 N–H and O–H groups in total. The van der Waals surface area contributed by atoms with E-state index >= 15 is 0 Å². The van der Waals surface area contributed by atoms with Crippen molar-refractivity contribution in [2.45, 2.75) is 6.92 Å². The van der Waals surface area contributed by atoms with E-state index in [1.165, 1.54) is 32.6 Å². The largest absolute Gasteiger partial charge is 0.306 e. The molecule has 45 heavy (non-hydrogen) atoms.